The van der Waals surface area contributed by atoms with Crippen LogP contribution < -0.4 is 0 Å². The predicted octanol–water partition coefficient (Wildman–Crippen LogP) is 2.85. The van der Waals surface area contributed by atoms with Crippen molar-refractivity contribution in [2.24, 2.45) is 0 Å². The third kappa shape index (κ3) is 3.54. The molecule has 0 heterocycles. The van der Waals surface area contributed by atoms with Gasteiger partial charge in [0.05, 0.1) is 0 Å². The molecule has 0 spiro atoms. The van der Waals surface area contributed by atoms with E-state index in [1.165, 1.54) is 6.42 Å². The van der Waals surface area contributed by atoms with Gasteiger partial charge in [-0.3, -0.25) is 0 Å². The van der Waals surface area contributed by atoms with Gasteiger partial charge in [-0.25, -0.2) is 0 Å². The summed E-state index contributed by atoms with van der Waals surface area (Å²) < 4.78 is 6.06. The average Bonchev–Trinajstić information content (AvgIpc) is 2.00. The minimum atomic E-state index is -1.06. The van der Waals surface area contributed by atoms with Crippen LogP contribution in [0.4, 0.5) is 0 Å². The molecule has 0 bridgehead atoms. The van der Waals surface area contributed by atoms with Crippen LogP contribution in [-0.4, -0.2) is 13.2 Å². The molecule has 58 valence electrons. The van der Waals surface area contributed by atoms with Gasteiger partial charge in [-0.2, -0.15) is 0 Å². The van der Waals surface area contributed by atoms with E-state index in [4.69, 9.17) is 13.0 Å². The quantitative estimate of drug-likeness (QED) is 0.693. The third-order valence-electron chi connectivity index (χ3n) is 1.95. The molecule has 1 nitrogen and oxygen atoms in total. The van der Waals surface area contributed by atoms with Gasteiger partial charge >= 0.3 is 79.7 Å². The Kier molecular flexibility index (Phi) is 7.68. The molecule has 0 aliphatic heterocycles. The van der Waals surface area contributed by atoms with E-state index in [1.807, 2.05) is 0 Å². The topological polar surface area (TPSA) is 9.23 Å². The summed E-state index contributed by atoms with van der Waals surface area (Å²) in [6, 6.07) is 0. The molecule has 0 saturated heterocycles. The Morgan fingerprint density at radius 2 is 2.00 bits per heavy atom. The minimum absolute atomic E-state index is 0.448. The van der Waals surface area contributed by atoms with Crippen LogP contribution in [0.3, 0.4) is 0 Å². The molecule has 0 fully saturated rings. The van der Waals surface area contributed by atoms with Crippen molar-refractivity contribution in [3.05, 3.63) is 0 Å². The second kappa shape index (κ2) is 6.87. The zero-order valence-electron chi connectivity index (χ0n) is 7.06. The Morgan fingerprint density at radius 1 is 1.40 bits per heavy atom. The molecular formula is C7H15ClHgO. The molecule has 3 heteroatoms. The van der Waals surface area contributed by atoms with E-state index in [-0.39, 0.29) is 0 Å². The average molecular weight is 351 g/mol. The molecule has 2 atom stereocenters. The van der Waals surface area contributed by atoms with Crippen LogP contribution in [0.5, 0.6) is 0 Å². The predicted molar refractivity (Wildman–Crippen MR) is 41.0 cm³/mol. The van der Waals surface area contributed by atoms with Gasteiger partial charge in [0, 0.05) is 0 Å². The van der Waals surface area contributed by atoms with Gasteiger partial charge in [0.2, 0.25) is 0 Å². The van der Waals surface area contributed by atoms with E-state index < -0.39 is 23.3 Å². The van der Waals surface area contributed by atoms with E-state index >= 15 is 0 Å². The number of hydrogen-bond acceptors (Lipinski definition) is 1. The molecule has 0 N–H and O–H groups in total. The molecule has 2 unspecified atom stereocenters. The van der Waals surface area contributed by atoms with E-state index in [0.717, 1.165) is 9.85 Å². The molecule has 0 aromatic carbocycles. The zero-order valence-corrected chi connectivity index (χ0v) is 13.3. The molecule has 0 aromatic rings. The van der Waals surface area contributed by atoms with Crippen molar-refractivity contribution in [2.45, 2.75) is 36.2 Å². The first kappa shape index (κ1) is 11.2. The van der Waals surface area contributed by atoms with Gasteiger partial charge in [0.1, 0.15) is 0 Å². The van der Waals surface area contributed by atoms with Crippen LogP contribution in [0, 0.1) is 0 Å². The van der Waals surface area contributed by atoms with Crippen molar-refractivity contribution in [3.8, 4) is 0 Å². The fourth-order valence-electron chi connectivity index (χ4n) is 1.16. The van der Waals surface area contributed by atoms with Crippen LogP contribution in [0.15, 0.2) is 0 Å². The van der Waals surface area contributed by atoms with Gasteiger partial charge in [-0.15, -0.1) is 0 Å². The number of hydrogen-bond donors (Lipinski definition) is 0. The SMILES string of the molecule is CCC(OC)[CH](CC)[Hg][Cl]. The summed E-state index contributed by atoms with van der Waals surface area (Å²) in [6.07, 6.45) is 2.77. The zero-order chi connectivity index (χ0) is 7.98. The van der Waals surface area contributed by atoms with Gasteiger partial charge in [-0.05, 0) is 0 Å². The van der Waals surface area contributed by atoms with E-state index in [9.17, 15) is 0 Å². The van der Waals surface area contributed by atoms with Crippen LogP contribution in [-0.2, 0) is 28.1 Å². The Balaban J connectivity index is 3.70. The summed E-state index contributed by atoms with van der Waals surface area (Å²) >= 11 is -1.06. The van der Waals surface area contributed by atoms with Crippen LogP contribution >= 0.6 is 8.25 Å². The van der Waals surface area contributed by atoms with E-state index in [0.29, 0.717) is 6.10 Å². The molecule has 0 aliphatic rings. The number of ether oxygens (including phenoxy) is 1. The molecule has 0 radical (unpaired) electrons. The molecular weight excluding hydrogens is 336 g/mol. The molecule has 10 heavy (non-hydrogen) atoms. The van der Waals surface area contributed by atoms with Crippen LogP contribution in [0.25, 0.3) is 0 Å². The Morgan fingerprint density at radius 3 is 2.10 bits per heavy atom. The monoisotopic (exact) mass is 352 g/mol. The van der Waals surface area contributed by atoms with Crippen molar-refractivity contribution in [1.29, 1.82) is 0 Å². The summed E-state index contributed by atoms with van der Waals surface area (Å²) in [6.45, 7) is 4.37. The number of methoxy groups -OCH3 is 1. The fraction of sp³-hybridized carbons (Fsp3) is 1.00. The van der Waals surface area contributed by atoms with Crippen molar-refractivity contribution < 1.29 is 28.1 Å². The molecule has 0 rings (SSSR count). The first-order chi connectivity index (χ1) is 4.79. The summed E-state index contributed by atoms with van der Waals surface area (Å²) in [5, 5.41) is 0. The van der Waals surface area contributed by atoms with Crippen molar-refractivity contribution in [1.82, 2.24) is 0 Å². The van der Waals surface area contributed by atoms with E-state index in [1.54, 1.807) is 7.11 Å². The van der Waals surface area contributed by atoms with Crippen molar-refractivity contribution in [3.63, 3.8) is 0 Å². The Hall–Kier alpha value is 1.19. The first-order valence-electron chi connectivity index (χ1n) is 3.88. The Bertz CT molecular complexity index is 62.0. The molecule has 0 amide bonds. The maximum absolute atomic E-state index is 5.96. The molecule has 0 aliphatic carbocycles. The summed E-state index contributed by atoms with van der Waals surface area (Å²) in [5.74, 6) is 0. The van der Waals surface area contributed by atoms with Crippen molar-refractivity contribution >= 4 is 8.25 Å². The van der Waals surface area contributed by atoms with Gasteiger partial charge in [0.15, 0.2) is 0 Å². The summed E-state index contributed by atoms with van der Waals surface area (Å²) in [4.78, 5) is 0. The maximum atomic E-state index is 5.96. The second-order valence-electron chi connectivity index (χ2n) is 2.51. The van der Waals surface area contributed by atoms with E-state index in [2.05, 4.69) is 13.8 Å². The number of halogens is 1. The van der Waals surface area contributed by atoms with Crippen LogP contribution in [0.1, 0.15) is 26.7 Å². The van der Waals surface area contributed by atoms with Gasteiger partial charge in [-0.1, -0.05) is 0 Å². The Labute approximate surface area is 79.3 Å². The standard InChI is InChI=1S/C7H15O.ClH.Hg/c1-4-6-7(5-2)8-3;;/h6-7H,4-5H2,1-3H3;1H;/q;;+1/p-1. The summed E-state index contributed by atoms with van der Waals surface area (Å²) in [5.41, 5.74) is 0. The normalized spacial score (nSPS) is 16.0. The molecule has 0 aromatic heterocycles. The van der Waals surface area contributed by atoms with Gasteiger partial charge in [0.25, 0.3) is 0 Å². The number of rotatable bonds is 5. The third-order valence-corrected chi connectivity index (χ3v) is 11.3. The molecule has 0 saturated carbocycles. The van der Waals surface area contributed by atoms with Gasteiger partial charge < -0.3 is 0 Å². The first-order valence-corrected chi connectivity index (χ1v) is 13.8. The fourth-order valence-corrected chi connectivity index (χ4v) is 8.49. The van der Waals surface area contributed by atoms with Crippen molar-refractivity contribution in [2.75, 3.05) is 7.11 Å². The second-order valence-corrected chi connectivity index (χ2v) is 10.5. The van der Waals surface area contributed by atoms with Crippen LogP contribution in [0.2, 0.25) is 3.43 Å². The summed E-state index contributed by atoms with van der Waals surface area (Å²) in [7, 11) is 7.75.